The second-order valence-electron chi connectivity index (χ2n) is 14.8. The number of carbonyl (C=O) groups is 2. The minimum absolute atomic E-state index is 0.0550. The van der Waals surface area contributed by atoms with Gasteiger partial charge in [0.1, 0.15) is 0 Å². The molecule has 9 nitrogen and oxygen atoms in total. The van der Waals surface area contributed by atoms with Crippen LogP contribution in [0.5, 0.6) is 0 Å². The number of unbranched alkanes of at least 4 members (excludes halogenated alkanes) is 8. The number of nitrogens with zero attached hydrogens (tertiary/aromatic N) is 1. The standard InChI is InChI=1S/C43H61NO8S/c1-5-6-7-11-20-27-41(50-31-32-51-41)28-21-12-9-8-10-19-26-36(42(48,39(46)47)29-30-49-4)38(45)44-37(33(2)3)43(52-40(44)53,34-22-15-13-16-23-34)35-24-17-14-18-25-35/h13-19,22-26,33,36-37,48H,5-12,20-21,27-32H2,1-4H3,(H,46,47)/b26-19+/t36?,37-,42?/m0/s1. The smallest absolute Gasteiger partial charge is 0.336 e. The molecule has 0 radical (unpaired) electrons. The van der Waals surface area contributed by atoms with E-state index >= 15 is 0 Å². The maximum absolute atomic E-state index is 14.8. The fourth-order valence-electron chi connectivity index (χ4n) is 7.93. The Bertz CT molecular complexity index is 1420. The first-order valence-electron chi connectivity index (χ1n) is 19.6. The van der Waals surface area contributed by atoms with E-state index in [-0.39, 0.29) is 24.1 Å². The van der Waals surface area contributed by atoms with Gasteiger partial charge in [0.2, 0.25) is 5.91 Å². The summed E-state index contributed by atoms with van der Waals surface area (Å²) in [6.45, 7) is 7.45. The van der Waals surface area contributed by atoms with E-state index in [9.17, 15) is 19.8 Å². The summed E-state index contributed by atoms with van der Waals surface area (Å²) in [6.07, 6.45) is 15.4. The second kappa shape index (κ2) is 20.5. The monoisotopic (exact) mass is 751 g/mol. The molecular formula is C43H61NO8S. The molecule has 1 amide bonds. The Balaban J connectivity index is 1.51. The molecule has 0 aliphatic carbocycles. The number of amides is 1. The number of hydrogen-bond acceptors (Lipinski definition) is 8. The molecule has 2 aliphatic heterocycles. The van der Waals surface area contributed by atoms with E-state index in [1.165, 1.54) is 37.7 Å². The molecule has 53 heavy (non-hydrogen) atoms. The fraction of sp³-hybridized carbons (Fsp3) is 0.605. The number of benzene rings is 2. The Labute approximate surface area is 322 Å². The number of thiocarbonyl (C=S) groups is 1. The molecule has 2 saturated heterocycles. The summed E-state index contributed by atoms with van der Waals surface area (Å²) in [6, 6.07) is 18.6. The van der Waals surface area contributed by atoms with Crippen LogP contribution in [0.1, 0.15) is 115 Å². The van der Waals surface area contributed by atoms with Crippen LogP contribution in [0, 0.1) is 11.8 Å². The molecular weight excluding hydrogens is 691 g/mol. The Morgan fingerprint density at radius 3 is 1.98 bits per heavy atom. The van der Waals surface area contributed by atoms with Gasteiger partial charge in [-0.3, -0.25) is 9.69 Å². The van der Waals surface area contributed by atoms with E-state index < -0.39 is 40.8 Å². The molecule has 2 aromatic rings. The van der Waals surface area contributed by atoms with Crippen molar-refractivity contribution in [3.8, 4) is 0 Å². The number of carboxylic acid groups (broad SMARTS) is 1. The molecule has 2 unspecified atom stereocenters. The molecule has 2 aliphatic rings. The average Bonchev–Trinajstić information content (AvgIpc) is 3.76. The van der Waals surface area contributed by atoms with Gasteiger partial charge in [-0.2, -0.15) is 0 Å². The van der Waals surface area contributed by atoms with Gasteiger partial charge in [0, 0.05) is 44.1 Å². The summed E-state index contributed by atoms with van der Waals surface area (Å²) in [4.78, 5) is 29.1. The number of methoxy groups -OCH3 is 1. The highest BCUT2D eigenvalue weighted by atomic mass is 32.1. The zero-order valence-corrected chi connectivity index (χ0v) is 33.0. The third-order valence-corrected chi connectivity index (χ3v) is 11.0. The molecule has 2 heterocycles. The first-order chi connectivity index (χ1) is 25.6. The molecule has 0 bridgehead atoms. The number of aliphatic carboxylic acids is 1. The minimum Gasteiger partial charge on any atom is -0.479 e. The first kappa shape index (κ1) is 42.6. The highest BCUT2D eigenvalue weighted by Gasteiger charge is 2.60. The van der Waals surface area contributed by atoms with Crippen molar-refractivity contribution in [3.63, 3.8) is 0 Å². The molecule has 2 fully saturated rings. The van der Waals surface area contributed by atoms with Gasteiger partial charge in [0.05, 0.1) is 25.2 Å². The average molecular weight is 752 g/mol. The summed E-state index contributed by atoms with van der Waals surface area (Å²) in [5.74, 6) is -4.21. The van der Waals surface area contributed by atoms with Crippen molar-refractivity contribution in [2.45, 2.75) is 127 Å². The van der Waals surface area contributed by atoms with Gasteiger partial charge in [-0.05, 0) is 43.8 Å². The highest BCUT2D eigenvalue weighted by Crippen LogP contribution is 2.48. The summed E-state index contributed by atoms with van der Waals surface area (Å²) in [5.41, 5.74) is -1.98. The van der Waals surface area contributed by atoms with E-state index in [1.54, 1.807) is 6.08 Å². The van der Waals surface area contributed by atoms with Crippen LogP contribution in [0.3, 0.4) is 0 Å². The molecule has 2 aromatic carbocycles. The molecule has 2 N–H and O–H groups in total. The molecule has 0 aromatic heterocycles. The molecule has 292 valence electrons. The largest absolute Gasteiger partial charge is 0.479 e. The number of rotatable bonds is 23. The number of ether oxygens (including phenoxy) is 4. The predicted octanol–water partition coefficient (Wildman–Crippen LogP) is 8.57. The van der Waals surface area contributed by atoms with Crippen LogP contribution < -0.4 is 0 Å². The van der Waals surface area contributed by atoms with Crippen molar-refractivity contribution < 1.29 is 38.7 Å². The SMILES string of the molecule is CCCCCCCC1(CCCCCC/C=C/C(C(=O)N2C(=S)OC(c3ccccc3)(c3ccccc3)[C@@H]2C(C)C)C(O)(CCOC)C(=O)O)OCCO1. The third kappa shape index (κ3) is 10.3. The van der Waals surface area contributed by atoms with Crippen LogP contribution >= 0.6 is 12.2 Å². The van der Waals surface area contributed by atoms with Gasteiger partial charge < -0.3 is 29.2 Å². The van der Waals surface area contributed by atoms with Crippen LogP contribution in [0.2, 0.25) is 0 Å². The van der Waals surface area contributed by atoms with Crippen molar-refractivity contribution in [3.05, 3.63) is 83.9 Å². The van der Waals surface area contributed by atoms with E-state index in [4.69, 9.17) is 31.2 Å². The van der Waals surface area contributed by atoms with E-state index in [0.717, 1.165) is 56.1 Å². The zero-order chi connectivity index (χ0) is 38.3. The second-order valence-corrected chi connectivity index (χ2v) is 15.2. The van der Waals surface area contributed by atoms with Crippen molar-refractivity contribution in [1.29, 1.82) is 0 Å². The Morgan fingerprint density at radius 2 is 1.47 bits per heavy atom. The third-order valence-electron chi connectivity index (χ3n) is 10.7. The maximum atomic E-state index is 14.8. The van der Waals surface area contributed by atoms with Crippen molar-refractivity contribution in [2.24, 2.45) is 11.8 Å². The topological polar surface area (TPSA) is 115 Å². The Kier molecular flexibility index (Phi) is 16.5. The van der Waals surface area contributed by atoms with Crippen molar-refractivity contribution in [1.82, 2.24) is 4.90 Å². The van der Waals surface area contributed by atoms with E-state index in [2.05, 4.69) is 6.92 Å². The molecule has 10 heteroatoms. The fourth-order valence-corrected chi connectivity index (χ4v) is 8.27. The van der Waals surface area contributed by atoms with Crippen LogP contribution in [-0.2, 0) is 34.1 Å². The van der Waals surface area contributed by atoms with Crippen LogP contribution in [0.15, 0.2) is 72.8 Å². The number of aliphatic hydroxyl groups is 1. The lowest BCUT2D eigenvalue weighted by Gasteiger charge is -2.39. The van der Waals surface area contributed by atoms with Gasteiger partial charge in [-0.1, -0.05) is 132 Å². The lowest BCUT2D eigenvalue weighted by atomic mass is 9.75. The van der Waals surface area contributed by atoms with Crippen LogP contribution in [-0.4, -0.2) is 76.5 Å². The quantitative estimate of drug-likeness (QED) is 0.0655. The lowest BCUT2D eigenvalue weighted by molar-refractivity contribution is -0.170. The molecule has 0 spiro atoms. The number of allylic oxidation sites excluding steroid dienone is 1. The number of carbonyl (C=O) groups excluding carboxylic acids is 1. The summed E-state index contributed by atoms with van der Waals surface area (Å²) in [7, 11) is 1.43. The van der Waals surface area contributed by atoms with Gasteiger partial charge >= 0.3 is 5.97 Å². The summed E-state index contributed by atoms with van der Waals surface area (Å²) >= 11 is 5.83. The van der Waals surface area contributed by atoms with Gasteiger partial charge in [-0.25, -0.2) is 4.79 Å². The van der Waals surface area contributed by atoms with E-state index in [0.29, 0.717) is 19.6 Å². The highest BCUT2D eigenvalue weighted by molar-refractivity contribution is 7.80. The number of carboxylic acids is 1. The molecule has 0 saturated carbocycles. The minimum atomic E-state index is -2.45. The summed E-state index contributed by atoms with van der Waals surface area (Å²) in [5, 5.41) is 22.2. The zero-order valence-electron chi connectivity index (χ0n) is 32.2. The normalized spacial score (nSPS) is 19.8. The molecule has 4 rings (SSSR count). The van der Waals surface area contributed by atoms with Gasteiger partial charge in [0.15, 0.2) is 17.0 Å². The van der Waals surface area contributed by atoms with Crippen LogP contribution in [0.25, 0.3) is 0 Å². The van der Waals surface area contributed by atoms with Crippen molar-refractivity contribution >= 4 is 29.3 Å². The molecule has 3 atom stereocenters. The van der Waals surface area contributed by atoms with Crippen LogP contribution in [0.4, 0.5) is 0 Å². The first-order valence-corrected chi connectivity index (χ1v) is 20.0. The van der Waals surface area contributed by atoms with Gasteiger partial charge in [-0.15, -0.1) is 0 Å². The predicted molar refractivity (Wildman–Crippen MR) is 210 cm³/mol. The Morgan fingerprint density at radius 1 is 0.925 bits per heavy atom. The van der Waals surface area contributed by atoms with Crippen molar-refractivity contribution in [2.75, 3.05) is 26.9 Å². The maximum Gasteiger partial charge on any atom is 0.336 e. The van der Waals surface area contributed by atoms with E-state index in [1.807, 2.05) is 80.6 Å². The summed E-state index contributed by atoms with van der Waals surface area (Å²) < 4.78 is 24.0. The number of hydrogen-bond donors (Lipinski definition) is 2. The Hall–Kier alpha value is -3.15. The van der Waals surface area contributed by atoms with Gasteiger partial charge in [0.25, 0.3) is 5.17 Å². The lowest BCUT2D eigenvalue weighted by Crippen LogP contribution is -2.57.